The van der Waals surface area contributed by atoms with Gasteiger partial charge < -0.3 is 79.5 Å². The number of allylic oxidation sites excluding steroid dienone is 1. The zero-order valence-electron chi connectivity index (χ0n) is 38.7. The van der Waals surface area contributed by atoms with Crippen LogP contribution in [0.5, 0.6) is 0 Å². The first-order valence-corrected chi connectivity index (χ1v) is 23.7. The third-order valence-electron chi connectivity index (χ3n) is 19.4. The number of ether oxygens (including phenoxy) is 6. The van der Waals surface area contributed by atoms with Crippen molar-refractivity contribution in [3.8, 4) is 0 Å². The van der Waals surface area contributed by atoms with Crippen LogP contribution in [0.4, 0.5) is 0 Å². The number of rotatable bonds is 8. The van der Waals surface area contributed by atoms with Crippen LogP contribution in [0.15, 0.2) is 11.6 Å². The topological polar surface area (TPSA) is 275 Å². The van der Waals surface area contributed by atoms with Gasteiger partial charge in [-0.2, -0.15) is 0 Å². The molecule has 17 heteroatoms. The van der Waals surface area contributed by atoms with E-state index in [2.05, 4.69) is 40.7 Å². The van der Waals surface area contributed by atoms with Gasteiger partial charge in [0.05, 0.1) is 36.4 Å². The maximum atomic E-state index is 13.2. The molecule has 0 radical (unpaired) electrons. The van der Waals surface area contributed by atoms with Crippen LogP contribution < -0.4 is 0 Å². The fourth-order valence-electron chi connectivity index (χ4n) is 15.0. The second-order valence-corrected chi connectivity index (χ2v) is 22.7. The highest BCUT2D eigenvalue weighted by molar-refractivity contribution is 5.77. The number of carboxylic acids is 1. The maximum absolute atomic E-state index is 13.2. The molecule has 10 N–H and O–H groups in total. The molecular weight excluding hydrogens is 837 g/mol. The standard InChI is InChI=1S/C47H76O17/c1-21-11-16-47(41(56)57)18-17-44(6)23(37(47)46(21,8)58)9-10-27-43(5)14-13-28(42(3,4)26(43)12-15-45(27,44)7)62-39-35(30(51)24(49)20-59-39)64-40-36(33(54)31(52)25(19-48)61-40)63-38-34(55)32(53)29(50)22(2)60-38/h9,21-22,24-40,48-55,58H,10-20H2,1-8H3,(H,56,57)/t21-,22-,24+,25+,26-,27+,28-,29-,30-,31+,32+,33-,34+,35+,36+,37+,38-,39-,40-,43-,44+,45+,46+,47-/m0/s1. The van der Waals surface area contributed by atoms with E-state index in [0.717, 1.165) is 37.7 Å². The molecule has 0 aromatic rings. The lowest BCUT2D eigenvalue weighted by atomic mass is 9.33. The van der Waals surface area contributed by atoms with Crippen LogP contribution in [0.25, 0.3) is 0 Å². The highest BCUT2D eigenvalue weighted by Crippen LogP contribution is 2.76. The third kappa shape index (κ3) is 7.23. The van der Waals surface area contributed by atoms with Crippen LogP contribution in [-0.2, 0) is 33.2 Å². The zero-order chi connectivity index (χ0) is 46.9. The first-order chi connectivity index (χ1) is 29.8. The Morgan fingerprint density at radius 1 is 0.719 bits per heavy atom. The quantitative estimate of drug-likeness (QED) is 0.122. The molecule has 64 heavy (non-hydrogen) atoms. The van der Waals surface area contributed by atoms with Crippen molar-refractivity contribution in [2.75, 3.05) is 13.2 Å². The molecule has 5 aliphatic carbocycles. The largest absolute Gasteiger partial charge is 0.481 e. The molecule has 0 aromatic heterocycles. The van der Waals surface area contributed by atoms with E-state index < -0.39 is 127 Å². The molecule has 3 saturated heterocycles. The summed E-state index contributed by atoms with van der Waals surface area (Å²) in [5.74, 6) is -0.871. The number of aliphatic hydroxyl groups excluding tert-OH is 8. The Bertz CT molecular complexity index is 1760. The molecule has 17 nitrogen and oxygen atoms in total. The van der Waals surface area contributed by atoms with E-state index in [1.165, 1.54) is 6.92 Å². The Balaban J connectivity index is 1.04. The Morgan fingerprint density at radius 3 is 2.06 bits per heavy atom. The molecule has 3 heterocycles. The number of aliphatic carboxylic acids is 1. The van der Waals surface area contributed by atoms with E-state index >= 15 is 0 Å². The van der Waals surface area contributed by atoms with Gasteiger partial charge in [0.2, 0.25) is 0 Å². The van der Waals surface area contributed by atoms with Crippen molar-refractivity contribution in [2.24, 2.45) is 50.7 Å². The number of aliphatic hydroxyl groups is 9. The van der Waals surface area contributed by atoms with Crippen molar-refractivity contribution < 1.29 is 84.3 Å². The lowest BCUT2D eigenvalue weighted by Crippen LogP contribution is -2.68. The maximum Gasteiger partial charge on any atom is 0.310 e. The SMILES string of the molecule is C[C@@H]1O[C@@H](O[C@H]2[C@H](O[C@H]3[C@H](O[C@H]4CC[C@]5(C)[C@H]6CC=C7[C@H]8[C@](C(=O)O)(CC[C@H](C)[C@@]8(C)O)CC[C@@]7(C)[C@]6(C)CC[C@H]5C4(C)C)OC[C@@H](O)[C@@H]3O)O[C@H](CO)[C@@H](O)[C@@H]2O)[C@H](O)[C@H](O)[C@H]1O. The molecule has 8 aliphatic rings. The summed E-state index contributed by atoms with van der Waals surface area (Å²) in [6, 6.07) is 0. The minimum atomic E-state index is -1.80. The second-order valence-electron chi connectivity index (χ2n) is 22.7. The number of carboxylic acid groups (broad SMARTS) is 1. The smallest absolute Gasteiger partial charge is 0.310 e. The Kier molecular flexibility index (Phi) is 13.0. The summed E-state index contributed by atoms with van der Waals surface area (Å²) in [6.07, 6.45) is -13.0. The lowest BCUT2D eigenvalue weighted by molar-refractivity contribution is -0.392. The summed E-state index contributed by atoms with van der Waals surface area (Å²) in [7, 11) is 0. The fraction of sp³-hybridized carbons (Fsp3) is 0.936. The van der Waals surface area contributed by atoms with Gasteiger partial charge in [-0.3, -0.25) is 4.79 Å². The summed E-state index contributed by atoms with van der Waals surface area (Å²) >= 11 is 0. The van der Waals surface area contributed by atoms with Crippen molar-refractivity contribution in [2.45, 2.75) is 211 Å². The monoisotopic (exact) mass is 913 g/mol. The average Bonchev–Trinajstić information content (AvgIpc) is 3.23. The van der Waals surface area contributed by atoms with Crippen LogP contribution >= 0.6 is 0 Å². The van der Waals surface area contributed by atoms with E-state index in [-0.39, 0.29) is 40.6 Å². The summed E-state index contributed by atoms with van der Waals surface area (Å²) < 4.78 is 36.6. The highest BCUT2D eigenvalue weighted by Gasteiger charge is 2.71. The number of fused-ring (bicyclic) bond motifs is 7. The Morgan fingerprint density at radius 2 is 1.39 bits per heavy atom. The number of hydrogen-bond acceptors (Lipinski definition) is 16. The molecule has 7 fully saturated rings. The van der Waals surface area contributed by atoms with Gasteiger partial charge in [0.1, 0.15) is 61.0 Å². The van der Waals surface area contributed by atoms with Crippen molar-refractivity contribution in [1.29, 1.82) is 0 Å². The molecule has 366 valence electrons. The molecular formula is C47H76O17. The second kappa shape index (κ2) is 16.9. The highest BCUT2D eigenvalue weighted by atomic mass is 16.8. The minimum absolute atomic E-state index is 0.0348. The van der Waals surface area contributed by atoms with Crippen LogP contribution in [0, 0.1) is 50.7 Å². The molecule has 4 saturated carbocycles. The number of hydrogen-bond donors (Lipinski definition) is 10. The van der Waals surface area contributed by atoms with E-state index in [4.69, 9.17) is 28.4 Å². The van der Waals surface area contributed by atoms with Crippen molar-refractivity contribution in [3.05, 3.63) is 11.6 Å². The van der Waals surface area contributed by atoms with Crippen LogP contribution in [0.1, 0.15) is 113 Å². The molecule has 8 rings (SSSR count). The first kappa shape index (κ1) is 49.0. The fourth-order valence-corrected chi connectivity index (χ4v) is 15.0. The molecule has 0 unspecified atom stereocenters. The molecule has 0 aromatic carbocycles. The van der Waals surface area contributed by atoms with Gasteiger partial charge in [0.25, 0.3) is 0 Å². The van der Waals surface area contributed by atoms with Gasteiger partial charge in [-0.25, -0.2) is 0 Å². The predicted molar refractivity (Wildman–Crippen MR) is 225 cm³/mol. The summed E-state index contributed by atoms with van der Waals surface area (Å²) in [5, 5.41) is 109. The van der Waals surface area contributed by atoms with Crippen LogP contribution in [0.3, 0.4) is 0 Å². The van der Waals surface area contributed by atoms with Gasteiger partial charge in [0, 0.05) is 5.92 Å². The number of carbonyl (C=O) groups is 1. The zero-order valence-corrected chi connectivity index (χ0v) is 38.7. The van der Waals surface area contributed by atoms with Crippen LogP contribution in [0.2, 0.25) is 0 Å². The minimum Gasteiger partial charge on any atom is -0.481 e. The Hall–Kier alpha value is -1.39. The van der Waals surface area contributed by atoms with E-state index in [1.54, 1.807) is 0 Å². The van der Waals surface area contributed by atoms with Gasteiger partial charge in [-0.15, -0.1) is 0 Å². The summed E-state index contributed by atoms with van der Waals surface area (Å²) in [5.41, 5.74) is -2.10. The van der Waals surface area contributed by atoms with Crippen molar-refractivity contribution >= 4 is 5.97 Å². The van der Waals surface area contributed by atoms with Gasteiger partial charge in [-0.05, 0) is 111 Å². The van der Waals surface area contributed by atoms with Crippen LogP contribution in [-0.4, -0.2) is 168 Å². The summed E-state index contributed by atoms with van der Waals surface area (Å²) in [4.78, 5) is 13.2. The molecule has 3 aliphatic heterocycles. The van der Waals surface area contributed by atoms with Gasteiger partial charge >= 0.3 is 5.97 Å². The molecule has 0 amide bonds. The van der Waals surface area contributed by atoms with Gasteiger partial charge in [-0.1, -0.05) is 53.2 Å². The summed E-state index contributed by atoms with van der Waals surface area (Å²) in [6.45, 7) is 15.9. The normalized spacial score (nSPS) is 56.1. The van der Waals surface area contributed by atoms with Crippen molar-refractivity contribution in [1.82, 2.24) is 0 Å². The molecule has 24 atom stereocenters. The average molecular weight is 913 g/mol. The molecule has 0 spiro atoms. The van der Waals surface area contributed by atoms with Crippen molar-refractivity contribution in [3.63, 3.8) is 0 Å². The van der Waals surface area contributed by atoms with E-state index in [9.17, 15) is 55.9 Å². The first-order valence-electron chi connectivity index (χ1n) is 23.7. The third-order valence-corrected chi connectivity index (χ3v) is 19.4. The lowest BCUT2D eigenvalue weighted by Gasteiger charge is -2.72. The Labute approximate surface area is 376 Å². The van der Waals surface area contributed by atoms with Gasteiger partial charge in [0.15, 0.2) is 18.9 Å². The molecule has 0 bridgehead atoms. The predicted octanol–water partition coefficient (Wildman–Crippen LogP) is 1.34. The van der Waals surface area contributed by atoms with E-state index in [1.807, 2.05) is 13.8 Å². The van der Waals surface area contributed by atoms with E-state index in [0.29, 0.717) is 25.7 Å².